The number of rotatable bonds is 5. The van der Waals surface area contributed by atoms with Crippen LogP contribution in [0.2, 0.25) is 0 Å². The Labute approximate surface area is 95.2 Å². The third kappa shape index (κ3) is 3.33. The number of hydrogen-bond acceptors (Lipinski definition) is 4. The molecule has 0 aromatic carbocycles. The molecule has 4 heteroatoms. The summed E-state index contributed by atoms with van der Waals surface area (Å²) < 4.78 is 16.4. The molecule has 1 N–H and O–H groups in total. The van der Waals surface area contributed by atoms with Crippen molar-refractivity contribution in [3.8, 4) is 0 Å². The van der Waals surface area contributed by atoms with Crippen molar-refractivity contribution in [2.24, 2.45) is 0 Å². The van der Waals surface area contributed by atoms with Crippen molar-refractivity contribution in [2.75, 3.05) is 13.2 Å². The van der Waals surface area contributed by atoms with Crippen molar-refractivity contribution in [3.05, 3.63) is 23.7 Å². The zero-order valence-electron chi connectivity index (χ0n) is 9.35. The Kier molecular flexibility index (Phi) is 4.39. The van der Waals surface area contributed by atoms with Crippen molar-refractivity contribution in [3.63, 3.8) is 0 Å². The number of hydrogen-bond donors (Lipinski definition) is 1. The van der Waals surface area contributed by atoms with E-state index in [0.29, 0.717) is 19.0 Å². The first-order chi connectivity index (χ1) is 7.88. The summed E-state index contributed by atoms with van der Waals surface area (Å²) in [5.41, 5.74) is 0. The van der Waals surface area contributed by atoms with Gasteiger partial charge in [0, 0.05) is 6.61 Å². The lowest BCUT2D eigenvalue weighted by Gasteiger charge is -2.21. The molecule has 0 amide bonds. The quantitative estimate of drug-likeness (QED) is 0.832. The van der Waals surface area contributed by atoms with Gasteiger partial charge in [-0.3, -0.25) is 0 Å². The molecule has 90 valence electrons. The van der Waals surface area contributed by atoms with E-state index < -0.39 is 0 Å². The van der Waals surface area contributed by atoms with Crippen LogP contribution in [0, 0.1) is 0 Å². The molecule has 0 radical (unpaired) electrons. The molecule has 0 saturated carbocycles. The summed E-state index contributed by atoms with van der Waals surface area (Å²) in [5.74, 6) is 1.33. The molecule has 0 spiro atoms. The van der Waals surface area contributed by atoms with E-state index in [2.05, 4.69) is 0 Å². The molecule has 1 atom stereocenters. The zero-order valence-corrected chi connectivity index (χ0v) is 9.35. The fourth-order valence-corrected chi connectivity index (χ4v) is 1.81. The first-order valence-corrected chi connectivity index (χ1v) is 5.76. The van der Waals surface area contributed by atoms with Crippen LogP contribution in [0.5, 0.6) is 0 Å². The van der Waals surface area contributed by atoms with Crippen LogP contribution in [0.1, 0.15) is 30.8 Å². The van der Waals surface area contributed by atoms with Gasteiger partial charge in [-0.15, -0.1) is 0 Å². The minimum atomic E-state index is -0.0638. The first kappa shape index (κ1) is 11.6. The molecule has 0 aliphatic carbocycles. The number of ether oxygens (including phenoxy) is 2. The fourth-order valence-electron chi connectivity index (χ4n) is 1.81. The van der Waals surface area contributed by atoms with Gasteiger partial charge in [0.25, 0.3) is 0 Å². The molecule has 1 aromatic heterocycles. The Bertz CT molecular complexity index is 302. The normalized spacial score (nSPS) is 21.2. The van der Waals surface area contributed by atoms with E-state index in [1.807, 2.05) is 6.07 Å². The Morgan fingerprint density at radius 3 is 2.88 bits per heavy atom. The molecule has 1 fully saturated rings. The van der Waals surface area contributed by atoms with Crippen LogP contribution in [0.3, 0.4) is 0 Å². The second-order valence-electron chi connectivity index (χ2n) is 4.03. The maximum atomic E-state index is 8.83. The topological polar surface area (TPSA) is 51.8 Å². The van der Waals surface area contributed by atoms with Gasteiger partial charge in [0.15, 0.2) is 0 Å². The predicted octanol–water partition coefficient (Wildman–Crippen LogP) is 1.86. The van der Waals surface area contributed by atoms with Crippen LogP contribution >= 0.6 is 0 Å². The summed E-state index contributed by atoms with van der Waals surface area (Å²) in [4.78, 5) is 0. The molecular weight excluding hydrogens is 208 g/mol. The van der Waals surface area contributed by atoms with E-state index in [1.165, 1.54) is 6.42 Å². The van der Waals surface area contributed by atoms with Gasteiger partial charge in [-0.05, 0) is 31.4 Å². The van der Waals surface area contributed by atoms with Crippen LogP contribution in [0.15, 0.2) is 16.5 Å². The second kappa shape index (κ2) is 6.03. The molecule has 1 unspecified atom stereocenters. The van der Waals surface area contributed by atoms with E-state index in [-0.39, 0.29) is 12.7 Å². The highest BCUT2D eigenvalue weighted by atomic mass is 16.5. The smallest absolute Gasteiger partial charge is 0.129 e. The van der Waals surface area contributed by atoms with Crippen LogP contribution in [0.25, 0.3) is 0 Å². The van der Waals surface area contributed by atoms with Crippen molar-refractivity contribution >= 4 is 0 Å². The van der Waals surface area contributed by atoms with Gasteiger partial charge >= 0.3 is 0 Å². The Balaban J connectivity index is 1.66. The van der Waals surface area contributed by atoms with Crippen molar-refractivity contribution in [1.82, 2.24) is 0 Å². The molecule has 2 rings (SSSR count). The minimum Gasteiger partial charge on any atom is -0.461 e. The lowest BCUT2D eigenvalue weighted by molar-refractivity contribution is -0.0474. The molecule has 1 saturated heterocycles. The van der Waals surface area contributed by atoms with Gasteiger partial charge in [0.05, 0.1) is 12.7 Å². The molecule has 4 nitrogen and oxygen atoms in total. The number of aliphatic hydroxyl groups is 1. The van der Waals surface area contributed by atoms with Gasteiger partial charge in [0.1, 0.15) is 24.7 Å². The van der Waals surface area contributed by atoms with E-state index >= 15 is 0 Å². The summed E-state index contributed by atoms with van der Waals surface area (Å²) in [6.45, 7) is 1.85. The summed E-state index contributed by atoms with van der Waals surface area (Å²) in [6, 6.07) is 3.59. The van der Waals surface area contributed by atoms with E-state index in [0.717, 1.165) is 25.2 Å². The lowest BCUT2D eigenvalue weighted by Crippen LogP contribution is -2.24. The Hall–Kier alpha value is -0.840. The monoisotopic (exact) mass is 226 g/mol. The zero-order chi connectivity index (χ0) is 11.2. The Morgan fingerprint density at radius 1 is 1.31 bits per heavy atom. The number of aliphatic hydroxyl groups excluding tert-OH is 1. The SMILES string of the molecule is OCc1ccc(COCC2CCCCO2)o1. The summed E-state index contributed by atoms with van der Waals surface area (Å²) in [7, 11) is 0. The molecule has 1 aromatic rings. The van der Waals surface area contributed by atoms with E-state index in [1.54, 1.807) is 6.07 Å². The molecule has 1 aliphatic heterocycles. The fraction of sp³-hybridized carbons (Fsp3) is 0.667. The third-order valence-corrected chi connectivity index (χ3v) is 2.70. The average Bonchev–Trinajstić information content (AvgIpc) is 2.78. The number of furan rings is 1. The van der Waals surface area contributed by atoms with Crippen LogP contribution in [-0.2, 0) is 22.7 Å². The van der Waals surface area contributed by atoms with Gasteiger partial charge in [-0.2, -0.15) is 0 Å². The molecule has 0 bridgehead atoms. The largest absolute Gasteiger partial charge is 0.461 e. The van der Waals surface area contributed by atoms with Crippen molar-refractivity contribution in [1.29, 1.82) is 0 Å². The molecule has 1 aliphatic rings. The summed E-state index contributed by atoms with van der Waals surface area (Å²) in [5, 5.41) is 8.83. The second-order valence-corrected chi connectivity index (χ2v) is 4.03. The average molecular weight is 226 g/mol. The molecule has 2 heterocycles. The summed E-state index contributed by atoms with van der Waals surface area (Å²) >= 11 is 0. The Morgan fingerprint density at radius 2 is 2.19 bits per heavy atom. The first-order valence-electron chi connectivity index (χ1n) is 5.76. The van der Waals surface area contributed by atoms with Crippen LogP contribution in [-0.4, -0.2) is 24.4 Å². The van der Waals surface area contributed by atoms with Crippen molar-refractivity contribution in [2.45, 2.75) is 38.6 Å². The van der Waals surface area contributed by atoms with Crippen molar-refractivity contribution < 1.29 is 19.0 Å². The standard InChI is InChI=1S/C12H18O4/c13-7-10-4-5-12(16-10)9-14-8-11-3-1-2-6-15-11/h4-5,11,13H,1-3,6-9H2. The predicted molar refractivity (Wildman–Crippen MR) is 57.9 cm³/mol. The van der Waals surface area contributed by atoms with Gasteiger partial charge < -0.3 is 19.0 Å². The molecular formula is C12H18O4. The van der Waals surface area contributed by atoms with E-state index in [9.17, 15) is 0 Å². The highest BCUT2D eigenvalue weighted by Crippen LogP contribution is 2.14. The summed E-state index contributed by atoms with van der Waals surface area (Å²) in [6.07, 6.45) is 3.71. The highest BCUT2D eigenvalue weighted by molar-refractivity contribution is 5.05. The van der Waals surface area contributed by atoms with Crippen LogP contribution < -0.4 is 0 Å². The third-order valence-electron chi connectivity index (χ3n) is 2.70. The van der Waals surface area contributed by atoms with E-state index in [4.69, 9.17) is 19.0 Å². The maximum Gasteiger partial charge on any atom is 0.129 e. The van der Waals surface area contributed by atoms with Crippen LogP contribution in [0.4, 0.5) is 0 Å². The van der Waals surface area contributed by atoms with Gasteiger partial charge in [-0.25, -0.2) is 0 Å². The minimum absolute atomic E-state index is 0.0638. The van der Waals surface area contributed by atoms with Gasteiger partial charge in [0.2, 0.25) is 0 Å². The molecule has 16 heavy (non-hydrogen) atoms. The maximum absolute atomic E-state index is 8.83. The highest BCUT2D eigenvalue weighted by Gasteiger charge is 2.13. The lowest BCUT2D eigenvalue weighted by atomic mass is 10.1. The van der Waals surface area contributed by atoms with Gasteiger partial charge in [-0.1, -0.05) is 0 Å².